The van der Waals surface area contributed by atoms with Gasteiger partial charge in [0.2, 0.25) is 0 Å². The van der Waals surface area contributed by atoms with Crippen LogP contribution in [0.2, 0.25) is 0 Å². The van der Waals surface area contributed by atoms with Gasteiger partial charge >= 0.3 is 11.9 Å². The fraction of sp³-hybridized carbons (Fsp3) is 0.316. The summed E-state index contributed by atoms with van der Waals surface area (Å²) in [6, 6.07) is 25.5. The molecule has 0 N–H and O–H groups in total. The Bertz CT molecular complexity index is 1820. The second-order valence-corrected chi connectivity index (χ2v) is 12.3. The van der Waals surface area contributed by atoms with Crippen molar-refractivity contribution in [1.29, 1.82) is 0 Å². The van der Waals surface area contributed by atoms with Crippen molar-refractivity contribution in [2.45, 2.75) is 17.6 Å². The molecule has 0 spiro atoms. The molecule has 0 aromatic heterocycles. The Kier molecular flexibility index (Phi) is 10.2. The van der Waals surface area contributed by atoms with E-state index in [1.807, 2.05) is 72.8 Å². The summed E-state index contributed by atoms with van der Waals surface area (Å²) in [6.07, 6.45) is 1.48. The van der Waals surface area contributed by atoms with E-state index in [9.17, 15) is 9.59 Å². The van der Waals surface area contributed by atoms with E-state index in [4.69, 9.17) is 33.2 Å². The van der Waals surface area contributed by atoms with Crippen molar-refractivity contribution in [3.63, 3.8) is 0 Å². The van der Waals surface area contributed by atoms with Crippen LogP contribution in [0.25, 0.3) is 10.8 Å². The number of hydrogen-bond donors (Lipinski definition) is 0. The van der Waals surface area contributed by atoms with Gasteiger partial charge in [0.15, 0.2) is 0 Å². The van der Waals surface area contributed by atoms with E-state index in [-0.39, 0.29) is 32.4 Å². The Morgan fingerprint density at radius 3 is 2.02 bits per heavy atom. The van der Waals surface area contributed by atoms with Crippen LogP contribution in [0, 0.1) is 5.92 Å². The maximum atomic E-state index is 13.9. The first-order chi connectivity index (χ1) is 23.4. The van der Waals surface area contributed by atoms with Crippen molar-refractivity contribution in [3.8, 4) is 11.5 Å². The topological polar surface area (TPSA) is 98.8 Å². The van der Waals surface area contributed by atoms with Gasteiger partial charge in [0, 0.05) is 42.0 Å². The largest absolute Gasteiger partial charge is 0.491 e. The Morgan fingerprint density at radius 1 is 0.750 bits per heavy atom. The third-order valence-corrected chi connectivity index (χ3v) is 9.56. The summed E-state index contributed by atoms with van der Waals surface area (Å²) < 4.78 is 41.9. The summed E-state index contributed by atoms with van der Waals surface area (Å²) in [7, 11) is 3.33. The fourth-order valence-electron chi connectivity index (χ4n) is 7.03. The number of benzene rings is 4. The molecular formula is C38H37BrO9. The third kappa shape index (κ3) is 5.98. The highest BCUT2D eigenvalue weighted by Gasteiger charge is 2.64. The van der Waals surface area contributed by atoms with Crippen molar-refractivity contribution in [2.24, 2.45) is 5.92 Å². The first-order valence-electron chi connectivity index (χ1n) is 15.7. The minimum atomic E-state index is -1.03. The van der Waals surface area contributed by atoms with Crippen LogP contribution in [0.1, 0.15) is 28.7 Å². The zero-order valence-corrected chi connectivity index (χ0v) is 28.5. The molecule has 0 radical (unpaired) electrons. The molecule has 250 valence electrons. The second kappa shape index (κ2) is 14.5. The molecule has 3 unspecified atom stereocenters. The van der Waals surface area contributed by atoms with Crippen molar-refractivity contribution in [2.75, 3.05) is 53.9 Å². The van der Waals surface area contributed by atoms with E-state index in [1.165, 1.54) is 0 Å². The van der Waals surface area contributed by atoms with Gasteiger partial charge in [-0.25, -0.2) is 4.79 Å². The number of hydrogen-bond acceptors (Lipinski definition) is 9. The lowest BCUT2D eigenvalue weighted by molar-refractivity contribution is -0.173. The molecule has 0 saturated carbocycles. The van der Waals surface area contributed by atoms with E-state index in [2.05, 4.69) is 28.6 Å². The van der Waals surface area contributed by atoms with Gasteiger partial charge in [0.05, 0.1) is 19.1 Å². The number of esters is 2. The predicted molar refractivity (Wildman–Crippen MR) is 182 cm³/mol. The predicted octanol–water partition coefficient (Wildman–Crippen LogP) is 6.46. The minimum absolute atomic E-state index is 0.0516. The molecule has 10 heteroatoms. The first-order valence-corrected chi connectivity index (χ1v) is 16.5. The molecule has 0 saturated heterocycles. The SMILES string of the molecule is C=CC(=O)OCCOCCOc1ccc(OCCOC(=O)C2CC3(OC)c4ccccc4C2(OC)c2ccc(Br)cc23)c2ccccc12. The average molecular weight is 718 g/mol. The molecule has 0 amide bonds. The van der Waals surface area contributed by atoms with Crippen LogP contribution in [0.15, 0.2) is 96.0 Å². The number of carbonyl (C=O) groups is 2. The summed E-state index contributed by atoms with van der Waals surface area (Å²) in [5.74, 6) is -0.175. The molecular weight excluding hydrogens is 680 g/mol. The van der Waals surface area contributed by atoms with Gasteiger partial charge in [-0.3, -0.25) is 4.79 Å². The van der Waals surface area contributed by atoms with E-state index in [0.717, 1.165) is 43.6 Å². The molecule has 3 atom stereocenters. The normalized spacial score (nSPS) is 20.4. The van der Waals surface area contributed by atoms with Crippen LogP contribution < -0.4 is 9.47 Å². The van der Waals surface area contributed by atoms with E-state index < -0.39 is 23.1 Å². The number of carbonyl (C=O) groups excluding carboxylic acids is 2. The van der Waals surface area contributed by atoms with Gasteiger partial charge in [0.25, 0.3) is 0 Å². The third-order valence-electron chi connectivity index (χ3n) is 9.07. The smallest absolute Gasteiger partial charge is 0.330 e. The highest BCUT2D eigenvalue weighted by molar-refractivity contribution is 9.10. The van der Waals surface area contributed by atoms with Gasteiger partial charge < -0.3 is 33.2 Å². The highest BCUT2D eigenvalue weighted by Crippen LogP contribution is 2.62. The summed E-state index contributed by atoms with van der Waals surface area (Å²) in [4.78, 5) is 25.0. The number of rotatable bonds is 15. The van der Waals surface area contributed by atoms with Gasteiger partial charge in [-0.1, -0.05) is 77.1 Å². The number of fused-ring (bicyclic) bond motifs is 2. The van der Waals surface area contributed by atoms with Crippen LogP contribution >= 0.6 is 15.9 Å². The van der Waals surface area contributed by atoms with Crippen LogP contribution in [0.4, 0.5) is 0 Å². The Balaban J connectivity index is 1.11. The van der Waals surface area contributed by atoms with Crippen molar-refractivity contribution < 1.29 is 42.7 Å². The lowest BCUT2D eigenvalue weighted by Gasteiger charge is -2.56. The maximum absolute atomic E-state index is 13.9. The second-order valence-electron chi connectivity index (χ2n) is 11.4. The summed E-state index contributed by atoms with van der Waals surface area (Å²) >= 11 is 3.62. The summed E-state index contributed by atoms with van der Waals surface area (Å²) in [5.41, 5.74) is 1.91. The van der Waals surface area contributed by atoms with E-state index in [1.54, 1.807) is 14.2 Å². The number of methoxy groups -OCH3 is 2. The molecule has 4 aromatic rings. The lowest BCUT2D eigenvalue weighted by Crippen LogP contribution is -2.58. The van der Waals surface area contributed by atoms with Crippen molar-refractivity contribution >= 4 is 38.6 Å². The standard InChI is InChI=1S/C38H37BrO9/c1-4-35(40)47-20-18-44-17-19-45-33-15-16-34(27-10-6-5-9-26(27)33)46-21-22-48-36(41)32-24-37(42-2)28-11-7-8-12-29(28)38(32,43-3)30-14-13-25(39)23-31(30)37/h4-16,23,32H,1,17-22,24H2,2-3H3. The Hall–Kier alpha value is -4.22. The molecule has 48 heavy (non-hydrogen) atoms. The van der Waals surface area contributed by atoms with E-state index in [0.29, 0.717) is 31.1 Å². The Labute approximate surface area is 287 Å². The highest BCUT2D eigenvalue weighted by atomic mass is 79.9. The number of ether oxygens (including phenoxy) is 7. The molecule has 3 aliphatic rings. The average Bonchev–Trinajstić information content (AvgIpc) is 3.12. The van der Waals surface area contributed by atoms with Crippen molar-refractivity contribution in [1.82, 2.24) is 0 Å². The van der Waals surface area contributed by atoms with Crippen molar-refractivity contribution in [3.05, 3.63) is 118 Å². The molecule has 0 heterocycles. The van der Waals surface area contributed by atoms with Crippen LogP contribution in [0.3, 0.4) is 0 Å². The zero-order valence-electron chi connectivity index (χ0n) is 26.9. The summed E-state index contributed by atoms with van der Waals surface area (Å²) in [6.45, 7) is 4.62. The minimum Gasteiger partial charge on any atom is -0.491 e. The fourth-order valence-corrected chi connectivity index (χ4v) is 7.39. The van der Waals surface area contributed by atoms with Gasteiger partial charge in [-0.15, -0.1) is 0 Å². The van der Waals surface area contributed by atoms with Crippen LogP contribution in [-0.2, 0) is 44.5 Å². The molecule has 7 rings (SSSR count). The van der Waals surface area contributed by atoms with Crippen LogP contribution in [-0.4, -0.2) is 65.8 Å². The monoisotopic (exact) mass is 716 g/mol. The van der Waals surface area contributed by atoms with Gasteiger partial charge in [-0.05, 0) is 46.5 Å². The zero-order chi connectivity index (χ0) is 33.7. The quantitative estimate of drug-likeness (QED) is 0.0780. The van der Waals surface area contributed by atoms with Gasteiger partial charge in [0.1, 0.15) is 49.1 Å². The Morgan fingerprint density at radius 2 is 1.35 bits per heavy atom. The number of halogens is 1. The molecule has 0 aliphatic heterocycles. The molecule has 0 fully saturated rings. The van der Waals surface area contributed by atoms with Gasteiger partial charge in [-0.2, -0.15) is 0 Å². The maximum Gasteiger partial charge on any atom is 0.330 e. The first kappa shape index (κ1) is 33.7. The molecule has 4 aromatic carbocycles. The van der Waals surface area contributed by atoms with E-state index >= 15 is 0 Å². The van der Waals surface area contributed by atoms with Crippen LogP contribution in [0.5, 0.6) is 11.5 Å². The molecule has 9 nitrogen and oxygen atoms in total. The lowest BCUT2D eigenvalue weighted by atomic mass is 9.54. The summed E-state index contributed by atoms with van der Waals surface area (Å²) in [5, 5.41) is 1.74. The molecule has 3 aliphatic carbocycles. The molecule has 2 bridgehead atoms.